The van der Waals surface area contributed by atoms with Crippen molar-refractivity contribution >= 4 is 21.6 Å². The largest absolute Gasteiger partial charge is 0.496 e. The summed E-state index contributed by atoms with van der Waals surface area (Å²) < 4.78 is 71.6. The van der Waals surface area contributed by atoms with Gasteiger partial charge in [0.2, 0.25) is 15.9 Å². The molecule has 1 amide bonds. The monoisotopic (exact) mass is 456 g/mol. The van der Waals surface area contributed by atoms with Crippen LogP contribution in [0.25, 0.3) is 0 Å². The fourth-order valence-corrected chi connectivity index (χ4v) is 5.06. The van der Waals surface area contributed by atoms with Crippen LogP contribution in [0.15, 0.2) is 47.4 Å². The third-order valence-corrected chi connectivity index (χ3v) is 6.98. The van der Waals surface area contributed by atoms with Gasteiger partial charge >= 0.3 is 6.18 Å². The number of anilines is 1. The standard InChI is InChI=1S/C21H23F3N2O4S/c1-30-19-10-9-16(31(28,29)26-12-4-5-13-26)14-15(19)8-11-20(27)25-18-7-3-2-6-17(18)21(22,23)24/h2-3,6-7,9-10,14H,4-5,8,11-13H2,1H3,(H,25,27). The van der Waals surface area contributed by atoms with E-state index in [2.05, 4.69) is 5.32 Å². The lowest BCUT2D eigenvalue weighted by Crippen LogP contribution is -2.28. The van der Waals surface area contributed by atoms with E-state index in [1.165, 1.54) is 47.8 Å². The molecular formula is C21H23F3N2O4S. The Morgan fingerprint density at radius 1 is 1.13 bits per heavy atom. The van der Waals surface area contributed by atoms with Crippen LogP contribution < -0.4 is 10.1 Å². The van der Waals surface area contributed by atoms with E-state index in [9.17, 15) is 26.4 Å². The van der Waals surface area contributed by atoms with E-state index in [0.29, 0.717) is 24.4 Å². The molecule has 1 fully saturated rings. The smallest absolute Gasteiger partial charge is 0.418 e. The first-order chi connectivity index (χ1) is 14.6. The second-order valence-corrected chi connectivity index (χ2v) is 9.11. The molecule has 1 aliphatic heterocycles. The maximum absolute atomic E-state index is 13.1. The highest BCUT2D eigenvalue weighted by Crippen LogP contribution is 2.34. The number of nitrogens with one attached hydrogen (secondary N) is 1. The molecule has 0 aromatic heterocycles. The Hall–Kier alpha value is -2.59. The normalized spacial score (nSPS) is 15.1. The molecule has 0 bridgehead atoms. The summed E-state index contributed by atoms with van der Waals surface area (Å²) in [5.41, 5.74) is -0.765. The minimum Gasteiger partial charge on any atom is -0.496 e. The van der Waals surface area contributed by atoms with Gasteiger partial charge in [-0.3, -0.25) is 4.79 Å². The van der Waals surface area contributed by atoms with Gasteiger partial charge < -0.3 is 10.1 Å². The Kier molecular flexibility index (Phi) is 6.90. The van der Waals surface area contributed by atoms with Crippen molar-refractivity contribution in [3.63, 3.8) is 0 Å². The highest BCUT2D eigenvalue weighted by atomic mass is 32.2. The number of carbonyl (C=O) groups is 1. The number of para-hydroxylation sites is 1. The third-order valence-electron chi connectivity index (χ3n) is 5.08. The molecule has 1 heterocycles. The molecule has 0 radical (unpaired) electrons. The van der Waals surface area contributed by atoms with Crippen LogP contribution in [-0.4, -0.2) is 38.8 Å². The highest BCUT2D eigenvalue weighted by Gasteiger charge is 2.33. The number of rotatable bonds is 7. The first-order valence-corrected chi connectivity index (χ1v) is 11.2. The summed E-state index contributed by atoms with van der Waals surface area (Å²) in [7, 11) is -2.22. The summed E-state index contributed by atoms with van der Waals surface area (Å²) in [6.07, 6.45) is -3.02. The van der Waals surface area contributed by atoms with E-state index >= 15 is 0 Å². The molecule has 1 N–H and O–H groups in total. The van der Waals surface area contributed by atoms with Gasteiger partial charge in [0.15, 0.2) is 0 Å². The maximum atomic E-state index is 13.1. The van der Waals surface area contributed by atoms with Crippen LogP contribution in [0.4, 0.5) is 18.9 Å². The van der Waals surface area contributed by atoms with Crippen LogP contribution >= 0.6 is 0 Å². The minimum atomic E-state index is -4.59. The zero-order valence-corrected chi connectivity index (χ0v) is 17.7. The van der Waals surface area contributed by atoms with E-state index < -0.39 is 27.7 Å². The summed E-state index contributed by atoms with van der Waals surface area (Å²) in [6, 6.07) is 9.17. The zero-order chi connectivity index (χ0) is 22.6. The quantitative estimate of drug-likeness (QED) is 0.682. The molecule has 10 heteroatoms. The lowest BCUT2D eigenvalue weighted by molar-refractivity contribution is -0.137. The van der Waals surface area contributed by atoms with E-state index in [0.717, 1.165) is 18.9 Å². The van der Waals surface area contributed by atoms with Crippen molar-refractivity contribution in [2.24, 2.45) is 0 Å². The number of ether oxygens (including phenoxy) is 1. The highest BCUT2D eigenvalue weighted by molar-refractivity contribution is 7.89. The van der Waals surface area contributed by atoms with Crippen molar-refractivity contribution in [3.05, 3.63) is 53.6 Å². The fraction of sp³-hybridized carbons (Fsp3) is 0.381. The molecule has 6 nitrogen and oxygen atoms in total. The molecule has 0 atom stereocenters. The first-order valence-electron chi connectivity index (χ1n) is 9.76. The second kappa shape index (κ2) is 9.27. The molecule has 1 saturated heterocycles. The van der Waals surface area contributed by atoms with Crippen molar-refractivity contribution in [2.45, 2.75) is 36.8 Å². The lowest BCUT2D eigenvalue weighted by atomic mass is 10.1. The van der Waals surface area contributed by atoms with E-state index in [1.54, 1.807) is 0 Å². The van der Waals surface area contributed by atoms with Crippen LogP contribution in [0.2, 0.25) is 0 Å². The van der Waals surface area contributed by atoms with Crippen molar-refractivity contribution < 1.29 is 31.1 Å². The number of benzene rings is 2. The number of nitrogens with zero attached hydrogens (tertiary/aromatic N) is 1. The van der Waals surface area contributed by atoms with Gasteiger partial charge in [0.05, 0.1) is 23.3 Å². The van der Waals surface area contributed by atoms with Gasteiger partial charge in [0.25, 0.3) is 0 Å². The van der Waals surface area contributed by atoms with Gasteiger partial charge in [-0.05, 0) is 55.2 Å². The van der Waals surface area contributed by atoms with Gasteiger partial charge in [-0.2, -0.15) is 17.5 Å². The Morgan fingerprint density at radius 3 is 2.45 bits per heavy atom. The van der Waals surface area contributed by atoms with Gasteiger partial charge in [0, 0.05) is 19.5 Å². The summed E-state index contributed by atoms with van der Waals surface area (Å²) in [4.78, 5) is 12.4. The average Bonchev–Trinajstić information content (AvgIpc) is 3.27. The summed E-state index contributed by atoms with van der Waals surface area (Å²) in [5, 5.41) is 2.29. The Bertz CT molecular complexity index is 1050. The number of halogens is 3. The molecule has 0 saturated carbocycles. The number of alkyl halides is 3. The molecule has 1 aliphatic rings. The topological polar surface area (TPSA) is 75.7 Å². The number of hydrogen-bond acceptors (Lipinski definition) is 4. The van der Waals surface area contributed by atoms with Gasteiger partial charge in [-0.15, -0.1) is 0 Å². The van der Waals surface area contributed by atoms with Crippen LogP contribution in [0.5, 0.6) is 5.75 Å². The SMILES string of the molecule is COc1ccc(S(=O)(=O)N2CCCC2)cc1CCC(=O)Nc1ccccc1C(F)(F)F. The number of sulfonamides is 1. The molecule has 0 unspecified atom stereocenters. The van der Waals surface area contributed by atoms with Crippen molar-refractivity contribution in [3.8, 4) is 5.75 Å². The molecule has 0 aliphatic carbocycles. The predicted molar refractivity (Wildman–Crippen MR) is 109 cm³/mol. The van der Waals surface area contributed by atoms with Crippen molar-refractivity contribution in [1.29, 1.82) is 0 Å². The van der Waals surface area contributed by atoms with Crippen LogP contribution in [-0.2, 0) is 27.4 Å². The van der Waals surface area contributed by atoms with Gasteiger partial charge in [0.1, 0.15) is 5.75 Å². The number of hydrogen-bond donors (Lipinski definition) is 1. The zero-order valence-electron chi connectivity index (χ0n) is 16.9. The van der Waals surface area contributed by atoms with Crippen LogP contribution in [0.3, 0.4) is 0 Å². The minimum absolute atomic E-state index is 0.104. The van der Waals surface area contributed by atoms with E-state index in [4.69, 9.17) is 4.74 Å². The van der Waals surface area contributed by atoms with Gasteiger partial charge in [-0.1, -0.05) is 12.1 Å². The Labute approximate surface area is 179 Å². The third kappa shape index (κ3) is 5.37. The maximum Gasteiger partial charge on any atom is 0.418 e. The van der Waals surface area contributed by atoms with Crippen LogP contribution in [0.1, 0.15) is 30.4 Å². The predicted octanol–water partition coefficient (Wildman–Crippen LogP) is 4.07. The Balaban J connectivity index is 1.75. The molecular weight excluding hydrogens is 433 g/mol. The van der Waals surface area contributed by atoms with E-state index in [-0.39, 0.29) is 23.4 Å². The number of amides is 1. The van der Waals surface area contributed by atoms with Gasteiger partial charge in [-0.25, -0.2) is 8.42 Å². The molecule has 2 aromatic rings. The molecule has 3 rings (SSSR count). The number of carbonyl (C=O) groups excluding carboxylic acids is 1. The molecule has 2 aromatic carbocycles. The lowest BCUT2D eigenvalue weighted by Gasteiger charge is -2.17. The number of aryl methyl sites for hydroxylation is 1. The van der Waals surface area contributed by atoms with Crippen molar-refractivity contribution in [2.75, 3.05) is 25.5 Å². The second-order valence-electron chi connectivity index (χ2n) is 7.18. The average molecular weight is 456 g/mol. The Morgan fingerprint density at radius 2 is 1.81 bits per heavy atom. The number of methoxy groups -OCH3 is 1. The molecule has 31 heavy (non-hydrogen) atoms. The molecule has 168 valence electrons. The summed E-state index contributed by atoms with van der Waals surface area (Å²) in [6.45, 7) is 0.926. The first kappa shape index (κ1) is 23.1. The van der Waals surface area contributed by atoms with Crippen molar-refractivity contribution in [1.82, 2.24) is 4.31 Å². The fourth-order valence-electron chi connectivity index (χ4n) is 3.49. The molecule has 0 spiro atoms. The van der Waals surface area contributed by atoms with E-state index in [1.807, 2.05) is 0 Å². The summed E-state index contributed by atoms with van der Waals surface area (Å²) >= 11 is 0. The summed E-state index contributed by atoms with van der Waals surface area (Å²) in [5.74, 6) is -0.213. The van der Waals surface area contributed by atoms with Crippen LogP contribution in [0, 0.1) is 0 Å².